The molecule has 0 amide bonds. The van der Waals surface area contributed by atoms with Gasteiger partial charge in [-0.15, -0.1) is 0 Å². The van der Waals surface area contributed by atoms with E-state index in [9.17, 15) is 13.2 Å². The summed E-state index contributed by atoms with van der Waals surface area (Å²) >= 11 is 0. The Balaban J connectivity index is 2.09. The molecule has 0 saturated heterocycles. The first kappa shape index (κ1) is 13.9. The van der Waals surface area contributed by atoms with E-state index in [1.807, 2.05) is 6.92 Å². The molecule has 1 aliphatic carbocycles. The van der Waals surface area contributed by atoms with Crippen molar-refractivity contribution in [2.45, 2.75) is 38.3 Å². The molecule has 2 rings (SSSR count). The molecule has 4 nitrogen and oxygen atoms in total. The Bertz CT molecular complexity index is 429. The van der Waals surface area contributed by atoms with Crippen LogP contribution in [0.1, 0.15) is 37.9 Å². The molecule has 7 heteroatoms. The van der Waals surface area contributed by atoms with Crippen LogP contribution < -0.4 is 10.6 Å². The predicted molar refractivity (Wildman–Crippen MR) is 67.3 cm³/mol. The zero-order valence-corrected chi connectivity index (χ0v) is 10.7. The van der Waals surface area contributed by atoms with E-state index < -0.39 is 12.7 Å². The highest BCUT2D eigenvalue weighted by molar-refractivity contribution is 5.48. The summed E-state index contributed by atoms with van der Waals surface area (Å²) in [6, 6.07) is 1.52. The first-order valence-electron chi connectivity index (χ1n) is 6.41. The fraction of sp³-hybridized carbons (Fsp3) is 0.667. The maximum absolute atomic E-state index is 12.2. The minimum Gasteiger partial charge on any atom is -0.370 e. The molecule has 0 aliphatic heterocycles. The third-order valence-electron chi connectivity index (χ3n) is 2.71. The van der Waals surface area contributed by atoms with E-state index in [0.717, 1.165) is 25.8 Å². The number of aromatic nitrogens is 2. The molecule has 1 aliphatic rings. The third kappa shape index (κ3) is 4.57. The van der Waals surface area contributed by atoms with E-state index in [-0.39, 0.29) is 5.82 Å². The highest BCUT2D eigenvalue weighted by Gasteiger charge is 2.29. The van der Waals surface area contributed by atoms with Gasteiger partial charge in [-0.2, -0.15) is 13.2 Å². The molecular formula is C12H17F3N4. The van der Waals surface area contributed by atoms with Gasteiger partial charge < -0.3 is 10.6 Å². The standard InChI is InChI=1S/C12H17F3N4/c1-2-5-16-9-6-10(17-7-12(13,14)15)19-11(18-9)8-3-4-8/h6,8H,2-5,7H2,1H3,(H2,16,17,18,19). The van der Waals surface area contributed by atoms with Crippen LogP contribution in [0.15, 0.2) is 6.07 Å². The van der Waals surface area contributed by atoms with Crippen LogP contribution in [-0.4, -0.2) is 29.2 Å². The minimum atomic E-state index is -4.25. The molecule has 1 aromatic rings. The second-order valence-electron chi connectivity index (χ2n) is 4.67. The summed E-state index contributed by atoms with van der Waals surface area (Å²) in [5, 5.41) is 5.39. The summed E-state index contributed by atoms with van der Waals surface area (Å²) in [6.45, 7) is 1.67. The van der Waals surface area contributed by atoms with E-state index in [1.165, 1.54) is 6.07 Å². The van der Waals surface area contributed by atoms with Gasteiger partial charge in [0.15, 0.2) is 0 Å². The van der Waals surface area contributed by atoms with Crippen LogP contribution in [0.5, 0.6) is 0 Å². The second kappa shape index (κ2) is 5.63. The average Bonchev–Trinajstić information content (AvgIpc) is 3.17. The van der Waals surface area contributed by atoms with Crippen molar-refractivity contribution >= 4 is 11.6 Å². The van der Waals surface area contributed by atoms with Gasteiger partial charge in [-0.3, -0.25) is 0 Å². The van der Waals surface area contributed by atoms with E-state index in [0.29, 0.717) is 17.6 Å². The van der Waals surface area contributed by atoms with E-state index in [2.05, 4.69) is 20.6 Å². The van der Waals surface area contributed by atoms with Crippen LogP contribution in [0, 0.1) is 0 Å². The molecule has 106 valence electrons. The molecule has 0 bridgehead atoms. The van der Waals surface area contributed by atoms with Crippen LogP contribution in [-0.2, 0) is 0 Å². The van der Waals surface area contributed by atoms with Gasteiger partial charge in [-0.25, -0.2) is 9.97 Å². The van der Waals surface area contributed by atoms with Crippen molar-refractivity contribution < 1.29 is 13.2 Å². The summed E-state index contributed by atoms with van der Waals surface area (Å²) in [4.78, 5) is 8.48. The van der Waals surface area contributed by atoms with Crippen molar-refractivity contribution in [2.24, 2.45) is 0 Å². The summed E-state index contributed by atoms with van der Waals surface area (Å²) in [5.41, 5.74) is 0. The Kier molecular flexibility index (Phi) is 4.11. The van der Waals surface area contributed by atoms with Crippen molar-refractivity contribution in [1.82, 2.24) is 9.97 Å². The quantitative estimate of drug-likeness (QED) is 0.836. The normalized spacial score (nSPS) is 15.4. The smallest absolute Gasteiger partial charge is 0.370 e. The molecule has 2 N–H and O–H groups in total. The van der Waals surface area contributed by atoms with Gasteiger partial charge in [-0.05, 0) is 19.3 Å². The lowest BCUT2D eigenvalue weighted by atomic mass is 10.3. The molecule has 0 spiro atoms. The van der Waals surface area contributed by atoms with Gasteiger partial charge in [0.25, 0.3) is 0 Å². The first-order valence-corrected chi connectivity index (χ1v) is 6.41. The number of rotatable bonds is 6. The number of halogens is 3. The number of alkyl halides is 3. The molecular weight excluding hydrogens is 257 g/mol. The van der Waals surface area contributed by atoms with Crippen LogP contribution in [0.25, 0.3) is 0 Å². The molecule has 0 unspecified atom stereocenters. The highest BCUT2D eigenvalue weighted by atomic mass is 19.4. The first-order chi connectivity index (χ1) is 8.98. The summed E-state index contributed by atoms with van der Waals surface area (Å²) in [6.07, 6.45) is -1.30. The Morgan fingerprint density at radius 2 is 1.84 bits per heavy atom. The lowest BCUT2D eigenvalue weighted by Crippen LogP contribution is -2.22. The van der Waals surface area contributed by atoms with E-state index in [1.54, 1.807) is 0 Å². The Morgan fingerprint density at radius 3 is 2.37 bits per heavy atom. The Labute approximate surface area is 109 Å². The molecule has 1 saturated carbocycles. The summed E-state index contributed by atoms with van der Waals surface area (Å²) in [7, 11) is 0. The molecule has 0 radical (unpaired) electrons. The van der Waals surface area contributed by atoms with Gasteiger partial charge >= 0.3 is 6.18 Å². The maximum atomic E-state index is 12.2. The Hall–Kier alpha value is -1.53. The molecule has 0 aromatic carbocycles. The van der Waals surface area contributed by atoms with Crippen molar-refractivity contribution in [2.75, 3.05) is 23.7 Å². The summed E-state index contributed by atoms with van der Waals surface area (Å²) in [5.74, 6) is 1.75. The maximum Gasteiger partial charge on any atom is 0.405 e. The van der Waals surface area contributed by atoms with Gasteiger partial charge in [0.05, 0.1) is 0 Å². The van der Waals surface area contributed by atoms with Gasteiger partial charge in [-0.1, -0.05) is 6.92 Å². The summed E-state index contributed by atoms with van der Waals surface area (Å²) < 4.78 is 36.6. The Morgan fingerprint density at radius 1 is 1.21 bits per heavy atom. The fourth-order valence-corrected chi connectivity index (χ4v) is 1.61. The van der Waals surface area contributed by atoms with Crippen molar-refractivity contribution in [3.05, 3.63) is 11.9 Å². The second-order valence-corrected chi connectivity index (χ2v) is 4.67. The fourth-order valence-electron chi connectivity index (χ4n) is 1.61. The predicted octanol–water partition coefficient (Wildman–Crippen LogP) is 3.15. The van der Waals surface area contributed by atoms with Crippen LogP contribution in [0.4, 0.5) is 24.8 Å². The van der Waals surface area contributed by atoms with Crippen molar-refractivity contribution in [3.63, 3.8) is 0 Å². The van der Waals surface area contributed by atoms with Crippen LogP contribution >= 0.6 is 0 Å². The minimum absolute atomic E-state index is 0.229. The molecule has 19 heavy (non-hydrogen) atoms. The zero-order valence-electron chi connectivity index (χ0n) is 10.7. The lowest BCUT2D eigenvalue weighted by molar-refractivity contribution is -0.115. The lowest BCUT2D eigenvalue weighted by Gasteiger charge is -2.12. The number of hydrogen-bond acceptors (Lipinski definition) is 4. The van der Waals surface area contributed by atoms with Gasteiger partial charge in [0.1, 0.15) is 24.0 Å². The number of hydrogen-bond donors (Lipinski definition) is 2. The van der Waals surface area contributed by atoms with E-state index >= 15 is 0 Å². The number of nitrogens with one attached hydrogen (secondary N) is 2. The molecule has 1 heterocycles. The van der Waals surface area contributed by atoms with Crippen molar-refractivity contribution in [1.29, 1.82) is 0 Å². The monoisotopic (exact) mass is 274 g/mol. The highest BCUT2D eigenvalue weighted by Crippen LogP contribution is 2.38. The molecule has 1 aromatic heterocycles. The van der Waals surface area contributed by atoms with Gasteiger partial charge in [0, 0.05) is 18.5 Å². The average molecular weight is 274 g/mol. The largest absolute Gasteiger partial charge is 0.405 e. The number of anilines is 2. The zero-order chi connectivity index (χ0) is 13.9. The van der Waals surface area contributed by atoms with E-state index in [4.69, 9.17) is 0 Å². The van der Waals surface area contributed by atoms with Crippen LogP contribution in [0.2, 0.25) is 0 Å². The third-order valence-corrected chi connectivity index (χ3v) is 2.71. The molecule has 1 fully saturated rings. The van der Waals surface area contributed by atoms with Crippen molar-refractivity contribution in [3.8, 4) is 0 Å². The topological polar surface area (TPSA) is 49.8 Å². The van der Waals surface area contributed by atoms with Crippen LogP contribution in [0.3, 0.4) is 0 Å². The number of nitrogens with zero attached hydrogens (tertiary/aromatic N) is 2. The van der Waals surface area contributed by atoms with Gasteiger partial charge in [0.2, 0.25) is 0 Å². The SMILES string of the molecule is CCCNc1cc(NCC(F)(F)F)nc(C2CC2)n1. The molecule has 0 atom stereocenters.